The van der Waals surface area contributed by atoms with Gasteiger partial charge in [0.1, 0.15) is 11.2 Å². The average Bonchev–Trinajstić information content (AvgIpc) is 3.90. The molecule has 60 heavy (non-hydrogen) atoms. The van der Waals surface area contributed by atoms with Crippen LogP contribution in [0.1, 0.15) is 0 Å². The Kier molecular flexibility index (Phi) is 8.00. The monoisotopic (exact) mass is 783 g/mol. The third-order valence-electron chi connectivity index (χ3n) is 11.5. The zero-order valence-electron chi connectivity index (χ0n) is 32.2. The summed E-state index contributed by atoms with van der Waals surface area (Å²) in [7, 11) is 0. The third kappa shape index (κ3) is 5.78. The zero-order valence-corrected chi connectivity index (χ0v) is 33.0. The van der Waals surface area contributed by atoms with Crippen LogP contribution in [0.4, 0.5) is 0 Å². The average molecular weight is 784 g/mol. The molecule has 0 saturated heterocycles. The highest BCUT2D eigenvalue weighted by atomic mass is 32.1. The molecule has 0 radical (unpaired) electrons. The highest BCUT2D eigenvalue weighted by Gasteiger charge is 2.22. The van der Waals surface area contributed by atoms with Gasteiger partial charge in [0.2, 0.25) is 0 Å². The van der Waals surface area contributed by atoms with Gasteiger partial charge in [-0.2, -0.15) is 0 Å². The van der Waals surface area contributed by atoms with Crippen LogP contribution in [0.25, 0.3) is 120 Å². The van der Waals surface area contributed by atoms with Gasteiger partial charge in [-0.15, -0.1) is 11.3 Å². The van der Waals surface area contributed by atoms with Crippen LogP contribution in [0, 0.1) is 0 Å². The van der Waals surface area contributed by atoms with Crippen LogP contribution in [0.3, 0.4) is 0 Å². The van der Waals surface area contributed by atoms with Gasteiger partial charge in [-0.1, -0.05) is 152 Å². The molecule has 0 aliphatic rings. The maximum atomic E-state index is 6.57. The second-order valence-electron chi connectivity index (χ2n) is 15.1. The van der Waals surface area contributed by atoms with Crippen molar-refractivity contribution in [3.63, 3.8) is 0 Å². The van der Waals surface area contributed by atoms with E-state index in [-0.39, 0.29) is 0 Å². The summed E-state index contributed by atoms with van der Waals surface area (Å²) in [6, 6.07) is 70.4. The summed E-state index contributed by atoms with van der Waals surface area (Å²) in [5, 5.41) is 6.72. The Morgan fingerprint density at radius 2 is 0.900 bits per heavy atom. The smallest absolute Gasteiger partial charge is 0.164 e. The Hall–Kier alpha value is -7.73. The van der Waals surface area contributed by atoms with E-state index >= 15 is 0 Å². The molecule has 9 aromatic carbocycles. The van der Waals surface area contributed by atoms with Gasteiger partial charge in [0, 0.05) is 47.6 Å². The van der Waals surface area contributed by atoms with Crippen LogP contribution in [0.15, 0.2) is 205 Å². The van der Waals surface area contributed by atoms with Crippen molar-refractivity contribution in [2.45, 2.75) is 0 Å². The predicted octanol–water partition coefficient (Wildman–Crippen LogP) is 15.3. The first-order valence-electron chi connectivity index (χ1n) is 20.1. The summed E-state index contributed by atoms with van der Waals surface area (Å²) >= 11 is 1.79. The highest BCUT2D eigenvalue weighted by molar-refractivity contribution is 7.25. The summed E-state index contributed by atoms with van der Waals surface area (Å²) in [4.78, 5) is 16.2. The van der Waals surface area contributed by atoms with E-state index in [1.165, 1.54) is 36.7 Å². The molecule has 0 bridgehead atoms. The van der Waals surface area contributed by atoms with Crippen molar-refractivity contribution in [1.82, 2.24) is 15.0 Å². The number of nitrogens with zero attached hydrogens (tertiary/aromatic N) is 3. The molecule has 0 amide bonds. The van der Waals surface area contributed by atoms with Gasteiger partial charge in [0.25, 0.3) is 0 Å². The number of thiophene rings is 1. The lowest BCUT2D eigenvalue weighted by atomic mass is 9.92. The fourth-order valence-corrected chi connectivity index (χ4v) is 9.84. The maximum Gasteiger partial charge on any atom is 0.164 e. The van der Waals surface area contributed by atoms with Crippen LogP contribution < -0.4 is 0 Å². The fraction of sp³-hybridized carbons (Fsp3) is 0. The van der Waals surface area contributed by atoms with Gasteiger partial charge in [0.05, 0.1) is 0 Å². The molecule has 0 saturated carbocycles. The molecule has 0 fully saturated rings. The fourth-order valence-electron chi connectivity index (χ4n) is 8.71. The molecule has 0 N–H and O–H groups in total. The van der Waals surface area contributed by atoms with E-state index < -0.39 is 0 Å². The van der Waals surface area contributed by atoms with Crippen LogP contribution >= 0.6 is 11.3 Å². The summed E-state index contributed by atoms with van der Waals surface area (Å²) in [6.07, 6.45) is 0. The highest BCUT2D eigenvalue weighted by Crippen LogP contribution is 2.43. The van der Waals surface area contributed by atoms with E-state index in [1.54, 1.807) is 11.3 Å². The van der Waals surface area contributed by atoms with Crippen molar-refractivity contribution >= 4 is 64.2 Å². The van der Waals surface area contributed by atoms with Crippen LogP contribution in [-0.4, -0.2) is 15.0 Å². The van der Waals surface area contributed by atoms with Crippen LogP contribution in [-0.2, 0) is 0 Å². The molecular weight excluding hydrogens is 751 g/mol. The minimum atomic E-state index is 0.586. The van der Waals surface area contributed by atoms with Gasteiger partial charge in [-0.25, -0.2) is 15.0 Å². The van der Waals surface area contributed by atoms with E-state index in [0.29, 0.717) is 17.5 Å². The molecule has 12 rings (SSSR count). The molecular formula is C55H33N3OS. The van der Waals surface area contributed by atoms with Crippen LogP contribution in [0.5, 0.6) is 0 Å². The first-order valence-corrected chi connectivity index (χ1v) is 20.9. The Bertz CT molecular complexity index is 3610. The summed E-state index contributed by atoms with van der Waals surface area (Å²) in [6.45, 7) is 0. The first kappa shape index (κ1) is 34.3. The second-order valence-corrected chi connectivity index (χ2v) is 16.2. The van der Waals surface area contributed by atoms with Gasteiger partial charge < -0.3 is 4.42 Å². The topological polar surface area (TPSA) is 51.8 Å². The number of fused-ring (bicyclic) bond motifs is 7. The van der Waals surface area contributed by atoms with Gasteiger partial charge in [0.15, 0.2) is 17.5 Å². The van der Waals surface area contributed by atoms with Gasteiger partial charge >= 0.3 is 0 Å². The second kappa shape index (κ2) is 14.0. The molecule has 0 unspecified atom stereocenters. The Morgan fingerprint density at radius 3 is 1.72 bits per heavy atom. The van der Waals surface area contributed by atoms with E-state index in [0.717, 1.165) is 66.3 Å². The van der Waals surface area contributed by atoms with Crippen molar-refractivity contribution in [1.29, 1.82) is 0 Å². The standard InChI is InChI=1S/C55H33N3OS/c1-3-15-34(16-4-1)39-30-36-19-7-8-22-41(36)45(31-39)37-20-13-21-38(29-37)53-56-54(44-25-14-28-50-52(44)43-24-10-12-27-49(43)60-50)58-55(57-53)46-32-40(35-17-5-2-6-18-35)33-48-51(46)42-23-9-11-26-47(42)59-48/h1-33H. The van der Waals surface area contributed by atoms with E-state index in [9.17, 15) is 0 Å². The molecule has 4 nitrogen and oxygen atoms in total. The lowest BCUT2D eigenvalue weighted by molar-refractivity contribution is 0.669. The number of furan rings is 1. The van der Waals surface area contributed by atoms with Crippen LogP contribution in [0.2, 0.25) is 0 Å². The molecule has 0 aliphatic heterocycles. The number of hydrogen-bond acceptors (Lipinski definition) is 5. The number of para-hydroxylation sites is 1. The van der Waals surface area contributed by atoms with Crippen molar-refractivity contribution in [3.05, 3.63) is 200 Å². The third-order valence-corrected chi connectivity index (χ3v) is 12.6. The molecule has 0 aliphatic carbocycles. The van der Waals surface area contributed by atoms with E-state index in [2.05, 4.69) is 182 Å². The quantitative estimate of drug-likeness (QED) is 0.169. The Morgan fingerprint density at radius 1 is 0.317 bits per heavy atom. The normalized spacial score (nSPS) is 11.7. The number of rotatable bonds is 6. The minimum absolute atomic E-state index is 0.586. The Balaban J connectivity index is 1.13. The van der Waals surface area contributed by atoms with Crippen molar-refractivity contribution in [3.8, 4) is 67.5 Å². The Labute approximate surface area is 349 Å². The lowest BCUT2D eigenvalue weighted by Crippen LogP contribution is -2.01. The minimum Gasteiger partial charge on any atom is -0.456 e. The summed E-state index contributed by atoms with van der Waals surface area (Å²) in [5.74, 6) is 1.81. The van der Waals surface area contributed by atoms with E-state index in [4.69, 9.17) is 19.4 Å². The number of hydrogen-bond donors (Lipinski definition) is 0. The SMILES string of the molecule is c1ccc(-c2cc(-c3cccc(-c4nc(-c5cc(-c6ccccc6)cc6oc7ccccc7c56)nc(-c5cccc6sc7ccccc7c56)n4)c3)c3ccccc3c2)cc1. The summed E-state index contributed by atoms with van der Waals surface area (Å²) in [5.41, 5.74) is 11.1. The molecule has 3 aromatic heterocycles. The largest absolute Gasteiger partial charge is 0.456 e. The number of aromatic nitrogens is 3. The van der Waals surface area contributed by atoms with Crippen molar-refractivity contribution < 1.29 is 4.42 Å². The first-order chi connectivity index (χ1) is 29.7. The summed E-state index contributed by atoms with van der Waals surface area (Å²) < 4.78 is 9.00. The molecule has 280 valence electrons. The lowest BCUT2D eigenvalue weighted by Gasteiger charge is -2.14. The van der Waals surface area contributed by atoms with Gasteiger partial charge in [-0.05, 0) is 92.7 Å². The van der Waals surface area contributed by atoms with Gasteiger partial charge in [-0.3, -0.25) is 0 Å². The molecule has 5 heteroatoms. The van der Waals surface area contributed by atoms with Crippen molar-refractivity contribution in [2.24, 2.45) is 0 Å². The molecule has 3 heterocycles. The molecule has 12 aromatic rings. The van der Waals surface area contributed by atoms with E-state index in [1.807, 2.05) is 18.2 Å². The predicted molar refractivity (Wildman–Crippen MR) is 250 cm³/mol. The number of benzene rings is 9. The van der Waals surface area contributed by atoms with Crippen molar-refractivity contribution in [2.75, 3.05) is 0 Å². The molecule has 0 atom stereocenters. The molecule has 0 spiro atoms. The maximum absolute atomic E-state index is 6.57. The zero-order chi connectivity index (χ0) is 39.6.